The molecule has 0 saturated heterocycles. The molecule has 0 spiro atoms. The minimum absolute atomic E-state index is 0.238. The Labute approximate surface area is 99.6 Å². The molecule has 0 atom stereocenters. The summed E-state index contributed by atoms with van der Waals surface area (Å²) in [4.78, 5) is 13.4. The van der Waals surface area contributed by atoms with Crippen molar-refractivity contribution in [3.63, 3.8) is 0 Å². The summed E-state index contributed by atoms with van der Waals surface area (Å²) in [5.74, 6) is -0.238. The molecule has 3 nitrogen and oxygen atoms in total. The van der Waals surface area contributed by atoms with Crippen molar-refractivity contribution in [2.24, 2.45) is 5.73 Å². The standard InChI is InChI=1S/C12H17NO2S/c1-15-11(14)9-3-4-10(16-9)12(7-8-13)5-2-6-12/h3-4H,2,5-8,13H2,1H3. The molecular formula is C12H17NO2S. The number of ether oxygens (including phenoxy) is 1. The largest absolute Gasteiger partial charge is 0.465 e. The minimum atomic E-state index is -0.238. The molecule has 1 heterocycles. The molecule has 2 rings (SSSR count). The van der Waals surface area contributed by atoms with E-state index in [1.165, 1.54) is 31.2 Å². The van der Waals surface area contributed by atoms with Gasteiger partial charge in [-0.2, -0.15) is 0 Å². The molecular weight excluding hydrogens is 222 g/mol. The Hall–Kier alpha value is -0.870. The molecule has 0 bridgehead atoms. The molecule has 0 radical (unpaired) electrons. The number of nitrogens with two attached hydrogens (primary N) is 1. The fourth-order valence-electron chi connectivity index (χ4n) is 2.33. The molecule has 4 heteroatoms. The molecule has 0 aromatic carbocycles. The Morgan fingerprint density at radius 3 is 2.81 bits per heavy atom. The highest BCUT2D eigenvalue weighted by atomic mass is 32.1. The average molecular weight is 239 g/mol. The van der Waals surface area contributed by atoms with Crippen molar-refractivity contribution in [1.82, 2.24) is 0 Å². The molecule has 0 amide bonds. The van der Waals surface area contributed by atoms with Crippen molar-refractivity contribution in [3.8, 4) is 0 Å². The summed E-state index contributed by atoms with van der Waals surface area (Å²) in [6, 6.07) is 3.92. The van der Waals surface area contributed by atoms with Gasteiger partial charge in [0.25, 0.3) is 0 Å². The second-order valence-corrected chi connectivity index (χ2v) is 5.41. The van der Waals surface area contributed by atoms with E-state index in [0.717, 1.165) is 6.42 Å². The number of hydrogen-bond donors (Lipinski definition) is 1. The van der Waals surface area contributed by atoms with E-state index in [0.29, 0.717) is 11.4 Å². The van der Waals surface area contributed by atoms with Crippen LogP contribution >= 0.6 is 11.3 Å². The van der Waals surface area contributed by atoms with Gasteiger partial charge in [0.1, 0.15) is 4.88 Å². The maximum atomic E-state index is 11.4. The van der Waals surface area contributed by atoms with Crippen LogP contribution in [-0.4, -0.2) is 19.6 Å². The van der Waals surface area contributed by atoms with E-state index in [-0.39, 0.29) is 11.4 Å². The van der Waals surface area contributed by atoms with E-state index in [1.807, 2.05) is 6.07 Å². The van der Waals surface area contributed by atoms with Gasteiger partial charge in [-0.3, -0.25) is 0 Å². The van der Waals surface area contributed by atoms with E-state index in [4.69, 9.17) is 10.5 Å². The van der Waals surface area contributed by atoms with Crippen LogP contribution in [0.4, 0.5) is 0 Å². The summed E-state index contributed by atoms with van der Waals surface area (Å²) in [7, 11) is 1.42. The first-order valence-corrected chi connectivity index (χ1v) is 6.42. The van der Waals surface area contributed by atoms with Gasteiger partial charge < -0.3 is 10.5 Å². The first-order valence-electron chi connectivity index (χ1n) is 5.60. The van der Waals surface area contributed by atoms with Crippen LogP contribution in [0.25, 0.3) is 0 Å². The van der Waals surface area contributed by atoms with Crippen LogP contribution in [0.1, 0.15) is 40.2 Å². The van der Waals surface area contributed by atoms with Gasteiger partial charge in [-0.05, 0) is 37.9 Å². The van der Waals surface area contributed by atoms with Crippen molar-refractivity contribution >= 4 is 17.3 Å². The maximum absolute atomic E-state index is 11.4. The molecule has 2 N–H and O–H groups in total. The maximum Gasteiger partial charge on any atom is 0.348 e. The van der Waals surface area contributed by atoms with Crippen molar-refractivity contribution in [2.45, 2.75) is 31.1 Å². The molecule has 16 heavy (non-hydrogen) atoms. The highest BCUT2D eigenvalue weighted by Gasteiger charge is 2.39. The molecule has 0 unspecified atom stereocenters. The molecule has 1 saturated carbocycles. The predicted molar refractivity (Wildman–Crippen MR) is 64.9 cm³/mol. The van der Waals surface area contributed by atoms with Crippen LogP contribution in [0.2, 0.25) is 0 Å². The fraction of sp³-hybridized carbons (Fsp3) is 0.583. The van der Waals surface area contributed by atoms with E-state index in [9.17, 15) is 4.79 Å². The smallest absolute Gasteiger partial charge is 0.348 e. The number of hydrogen-bond acceptors (Lipinski definition) is 4. The molecule has 1 aliphatic carbocycles. The lowest BCUT2D eigenvalue weighted by molar-refractivity contribution is 0.0606. The second kappa shape index (κ2) is 4.55. The number of carbonyl (C=O) groups is 1. The monoisotopic (exact) mass is 239 g/mol. The van der Waals surface area contributed by atoms with Gasteiger partial charge in [-0.15, -0.1) is 11.3 Å². The highest BCUT2D eigenvalue weighted by Crippen LogP contribution is 2.48. The Bertz CT molecular complexity index is 382. The topological polar surface area (TPSA) is 52.3 Å². The van der Waals surface area contributed by atoms with Crippen molar-refractivity contribution in [1.29, 1.82) is 0 Å². The normalized spacial score (nSPS) is 17.9. The first kappa shape index (κ1) is 11.6. The Morgan fingerprint density at radius 2 is 2.31 bits per heavy atom. The van der Waals surface area contributed by atoms with Gasteiger partial charge in [0.2, 0.25) is 0 Å². The Morgan fingerprint density at radius 1 is 1.56 bits per heavy atom. The number of carbonyl (C=O) groups excluding carboxylic acids is 1. The van der Waals surface area contributed by atoms with Crippen LogP contribution in [-0.2, 0) is 10.2 Å². The van der Waals surface area contributed by atoms with Gasteiger partial charge in [0, 0.05) is 10.3 Å². The molecule has 88 valence electrons. The minimum Gasteiger partial charge on any atom is -0.465 e. The zero-order chi connectivity index (χ0) is 11.6. The quantitative estimate of drug-likeness (QED) is 0.820. The molecule has 1 aliphatic rings. The van der Waals surface area contributed by atoms with Crippen LogP contribution < -0.4 is 5.73 Å². The lowest BCUT2D eigenvalue weighted by atomic mass is 9.66. The third-order valence-electron chi connectivity index (χ3n) is 3.45. The predicted octanol–water partition coefficient (Wildman–Crippen LogP) is 2.31. The SMILES string of the molecule is COC(=O)c1ccc(C2(CCN)CCC2)s1. The number of thiophene rings is 1. The molecule has 0 aliphatic heterocycles. The first-order chi connectivity index (χ1) is 7.72. The van der Waals surface area contributed by atoms with Crippen LogP contribution in [0.3, 0.4) is 0 Å². The van der Waals surface area contributed by atoms with E-state index >= 15 is 0 Å². The van der Waals surface area contributed by atoms with E-state index in [2.05, 4.69) is 6.07 Å². The summed E-state index contributed by atoms with van der Waals surface area (Å²) in [5, 5.41) is 0. The van der Waals surface area contributed by atoms with Crippen molar-refractivity contribution in [2.75, 3.05) is 13.7 Å². The van der Waals surface area contributed by atoms with E-state index < -0.39 is 0 Å². The summed E-state index contributed by atoms with van der Waals surface area (Å²) >= 11 is 1.56. The number of rotatable bonds is 4. The molecule has 1 aromatic rings. The number of methoxy groups -OCH3 is 1. The van der Waals surface area contributed by atoms with Gasteiger partial charge >= 0.3 is 5.97 Å². The van der Waals surface area contributed by atoms with Gasteiger partial charge in [0.05, 0.1) is 7.11 Å². The van der Waals surface area contributed by atoms with Crippen LogP contribution in [0.5, 0.6) is 0 Å². The Kier molecular flexibility index (Phi) is 3.30. The van der Waals surface area contributed by atoms with Gasteiger partial charge in [-0.25, -0.2) is 4.79 Å². The zero-order valence-electron chi connectivity index (χ0n) is 9.49. The highest BCUT2D eigenvalue weighted by molar-refractivity contribution is 7.14. The van der Waals surface area contributed by atoms with Crippen LogP contribution in [0.15, 0.2) is 12.1 Å². The summed E-state index contributed by atoms with van der Waals surface area (Å²) in [6.45, 7) is 0.714. The third kappa shape index (κ3) is 1.87. The average Bonchev–Trinajstić information content (AvgIpc) is 2.71. The van der Waals surface area contributed by atoms with Gasteiger partial charge in [-0.1, -0.05) is 6.42 Å². The lowest BCUT2D eigenvalue weighted by Gasteiger charge is -2.41. The summed E-state index contributed by atoms with van der Waals surface area (Å²) in [6.07, 6.45) is 4.69. The van der Waals surface area contributed by atoms with E-state index in [1.54, 1.807) is 11.3 Å². The molecule has 1 fully saturated rings. The Balaban J connectivity index is 2.20. The molecule has 1 aromatic heterocycles. The van der Waals surface area contributed by atoms with Crippen LogP contribution in [0, 0.1) is 0 Å². The summed E-state index contributed by atoms with van der Waals surface area (Å²) in [5.41, 5.74) is 5.92. The lowest BCUT2D eigenvalue weighted by Crippen LogP contribution is -2.35. The van der Waals surface area contributed by atoms with Gasteiger partial charge in [0.15, 0.2) is 0 Å². The van der Waals surface area contributed by atoms with Crippen molar-refractivity contribution < 1.29 is 9.53 Å². The summed E-state index contributed by atoms with van der Waals surface area (Å²) < 4.78 is 4.72. The van der Waals surface area contributed by atoms with Crippen molar-refractivity contribution in [3.05, 3.63) is 21.9 Å². The fourth-order valence-corrected chi connectivity index (χ4v) is 3.53. The third-order valence-corrected chi connectivity index (χ3v) is 4.76. The zero-order valence-corrected chi connectivity index (χ0v) is 10.3. The number of esters is 1. The second-order valence-electron chi connectivity index (χ2n) is 4.33.